The van der Waals surface area contributed by atoms with E-state index < -0.39 is 0 Å². The number of hydrogen-bond acceptors (Lipinski definition) is 6. The number of carbonyl (C=O) groups is 2. The number of aryl methyl sites for hydroxylation is 1. The van der Waals surface area contributed by atoms with Gasteiger partial charge in [0.15, 0.2) is 10.1 Å². The lowest BCUT2D eigenvalue weighted by atomic mass is 10.1. The van der Waals surface area contributed by atoms with E-state index in [-0.39, 0.29) is 11.7 Å². The quantitative estimate of drug-likeness (QED) is 0.653. The number of rotatable bonds is 6. The number of amides is 1. The zero-order chi connectivity index (χ0) is 15.2. The van der Waals surface area contributed by atoms with Crippen LogP contribution in [0.2, 0.25) is 0 Å². The maximum Gasteiger partial charge on any atom is 0.217 e. The maximum atomic E-state index is 12.1. The molecule has 0 saturated carbocycles. The Labute approximate surface area is 131 Å². The van der Waals surface area contributed by atoms with Crippen molar-refractivity contribution in [3.05, 3.63) is 40.4 Å². The molecule has 1 heterocycles. The molecule has 2 aromatic rings. The van der Waals surface area contributed by atoms with Crippen LogP contribution in [0.4, 0.5) is 0 Å². The molecule has 7 heteroatoms. The molecular formula is C14H15N3O2S2. The highest BCUT2D eigenvalue weighted by atomic mass is 32.2. The highest BCUT2D eigenvalue weighted by Gasteiger charge is 2.09. The average Bonchev–Trinajstić information content (AvgIpc) is 2.89. The van der Waals surface area contributed by atoms with E-state index in [1.165, 1.54) is 30.0 Å². The van der Waals surface area contributed by atoms with Crippen LogP contribution in [0.3, 0.4) is 0 Å². The summed E-state index contributed by atoms with van der Waals surface area (Å²) in [4.78, 5) is 22.9. The SMILES string of the molecule is CC(=O)NCc1ccc(C(=O)CSc2nnc(C)s2)cc1. The first-order chi connectivity index (χ1) is 10.0. The number of thioether (sulfide) groups is 1. The first-order valence-electron chi connectivity index (χ1n) is 6.34. The van der Waals surface area contributed by atoms with E-state index in [1.807, 2.05) is 19.1 Å². The predicted octanol–water partition coefficient (Wildman–Crippen LogP) is 2.46. The lowest BCUT2D eigenvalue weighted by Crippen LogP contribution is -2.18. The first-order valence-corrected chi connectivity index (χ1v) is 8.14. The van der Waals surface area contributed by atoms with Crippen LogP contribution in [0.25, 0.3) is 0 Å². The number of benzene rings is 1. The van der Waals surface area contributed by atoms with Crippen molar-refractivity contribution in [1.82, 2.24) is 15.5 Å². The Balaban J connectivity index is 1.88. The van der Waals surface area contributed by atoms with Gasteiger partial charge >= 0.3 is 0 Å². The number of carbonyl (C=O) groups excluding carboxylic acids is 2. The standard InChI is InChI=1S/C14H15N3O2S2/c1-9(18)15-7-11-3-5-12(6-4-11)13(19)8-20-14-17-16-10(2)21-14/h3-6H,7-8H2,1-2H3,(H,15,18). The van der Waals surface area contributed by atoms with Crippen LogP contribution in [0.5, 0.6) is 0 Å². The van der Waals surface area contributed by atoms with Crippen molar-refractivity contribution in [2.45, 2.75) is 24.7 Å². The van der Waals surface area contributed by atoms with Gasteiger partial charge in [-0.05, 0) is 12.5 Å². The molecule has 5 nitrogen and oxygen atoms in total. The van der Waals surface area contributed by atoms with Crippen molar-refractivity contribution >= 4 is 34.8 Å². The Morgan fingerprint density at radius 3 is 2.52 bits per heavy atom. The molecular weight excluding hydrogens is 306 g/mol. The van der Waals surface area contributed by atoms with Gasteiger partial charge in [-0.3, -0.25) is 9.59 Å². The lowest BCUT2D eigenvalue weighted by Gasteiger charge is -2.04. The zero-order valence-corrected chi connectivity index (χ0v) is 13.4. The second-order valence-electron chi connectivity index (χ2n) is 4.41. The van der Waals surface area contributed by atoms with Gasteiger partial charge in [0.2, 0.25) is 5.91 Å². The van der Waals surface area contributed by atoms with Crippen molar-refractivity contribution in [3.63, 3.8) is 0 Å². The highest BCUT2D eigenvalue weighted by molar-refractivity contribution is 8.01. The minimum absolute atomic E-state index is 0.0546. The second kappa shape index (κ2) is 7.33. The number of aromatic nitrogens is 2. The van der Waals surface area contributed by atoms with Gasteiger partial charge in [-0.2, -0.15) is 0 Å². The average molecular weight is 321 g/mol. The van der Waals surface area contributed by atoms with Gasteiger partial charge in [-0.15, -0.1) is 10.2 Å². The summed E-state index contributed by atoms with van der Waals surface area (Å²) < 4.78 is 0.808. The fourth-order valence-corrected chi connectivity index (χ4v) is 3.29. The summed E-state index contributed by atoms with van der Waals surface area (Å²) >= 11 is 2.89. The fraction of sp³-hybridized carbons (Fsp3) is 0.286. The summed E-state index contributed by atoms with van der Waals surface area (Å²) in [5.74, 6) is 0.331. The highest BCUT2D eigenvalue weighted by Crippen LogP contribution is 2.22. The van der Waals surface area contributed by atoms with E-state index in [2.05, 4.69) is 15.5 Å². The molecule has 1 amide bonds. The van der Waals surface area contributed by atoms with Crippen LogP contribution in [0, 0.1) is 6.92 Å². The van der Waals surface area contributed by atoms with Crippen LogP contribution in [0.15, 0.2) is 28.6 Å². The number of ketones is 1. The van der Waals surface area contributed by atoms with Crippen LogP contribution in [-0.2, 0) is 11.3 Å². The normalized spacial score (nSPS) is 10.4. The van der Waals surface area contributed by atoms with Crippen molar-refractivity contribution in [2.24, 2.45) is 0 Å². The van der Waals surface area contributed by atoms with Crippen molar-refractivity contribution in [1.29, 1.82) is 0 Å². The van der Waals surface area contributed by atoms with E-state index in [0.717, 1.165) is 14.9 Å². The molecule has 1 aromatic heterocycles. The van der Waals surface area contributed by atoms with Crippen LogP contribution >= 0.6 is 23.1 Å². The van der Waals surface area contributed by atoms with Crippen molar-refractivity contribution in [3.8, 4) is 0 Å². The Bertz CT molecular complexity index is 638. The van der Waals surface area contributed by atoms with Gasteiger partial charge in [0.05, 0.1) is 5.75 Å². The predicted molar refractivity (Wildman–Crippen MR) is 83.7 cm³/mol. The topological polar surface area (TPSA) is 72.0 Å². The zero-order valence-electron chi connectivity index (χ0n) is 11.8. The van der Waals surface area contributed by atoms with E-state index >= 15 is 0 Å². The summed E-state index contributed by atoms with van der Waals surface area (Å²) in [6, 6.07) is 7.27. The molecule has 1 N–H and O–H groups in total. The summed E-state index contributed by atoms with van der Waals surface area (Å²) in [5, 5.41) is 11.5. The van der Waals surface area contributed by atoms with E-state index in [1.54, 1.807) is 12.1 Å². The summed E-state index contributed by atoms with van der Waals surface area (Å²) in [7, 11) is 0. The molecule has 0 radical (unpaired) electrons. The molecule has 0 aliphatic heterocycles. The van der Waals surface area contributed by atoms with Gasteiger partial charge in [0, 0.05) is 19.0 Å². The van der Waals surface area contributed by atoms with Gasteiger partial charge in [0.1, 0.15) is 5.01 Å². The third-order valence-corrected chi connectivity index (χ3v) is 4.62. The van der Waals surface area contributed by atoms with Crippen molar-refractivity contribution in [2.75, 3.05) is 5.75 Å². The summed E-state index contributed by atoms with van der Waals surface area (Å²) in [5.41, 5.74) is 1.63. The largest absolute Gasteiger partial charge is 0.352 e. The lowest BCUT2D eigenvalue weighted by molar-refractivity contribution is -0.119. The number of Topliss-reactive ketones (excluding diaryl/α,β-unsaturated/α-hetero) is 1. The number of nitrogens with one attached hydrogen (secondary N) is 1. The molecule has 0 bridgehead atoms. The number of hydrogen-bond donors (Lipinski definition) is 1. The van der Waals surface area contributed by atoms with E-state index in [0.29, 0.717) is 17.9 Å². The van der Waals surface area contributed by atoms with Gasteiger partial charge in [-0.1, -0.05) is 47.4 Å². The van der Waals surface area contributed by atoms with Crippen LogP contribution in [0.1, 0.15) is 27.9 Å². The molecule has 110 valence electrons. The molecule has 1 aromatic carbocycles. The Morgan fingerprint density at radius 1 is 1.24 bits per heavy atom. The third kappa shape index (κ3) is 4.95. The molecule has 0 saturated heterocycles. The Kier molecular flexibility index (Phi) is 5.46. The Hall–Kier alpha value is -1.73. The third-order valence-electron chi connectivity index (χ3n) is 2.65. The van der Waals surface area contributed by atoms with Crippen LogP contribution < -0.4 is 5.32 Å². The summed E-state index contributed by atoms with van der Waals surface area (Å²) in [6.45, 7) is 3.84. The first kappa shape index (κ1) is 15.7. The van der Waals surface area contributed by atoms with Crippen LogP contribution in [-0.4, -0.2) is 27.6 Å². The van der Waals surface area contributed by atoms with Gasteiger partial charge in [0.25, 0.3) is 0 Å². The molecule has 21 heavy (non-hydrogen) atoms. The Morgan fingerprint density at radius 2 is 1.95 bits per heavy atom. The maximum absolute atomic E-state index is 12.1. The molecule has 2 rings (SSSR count). The van der Waals surface area contributed by atoms with Crippen molar-refractivity contribution < 1.29 is 9.59 Å². The summed E-state index contributed by atoms with van der Waals surface area (Å²) in [6.07, 6.45) is 0. The van der Waals surface area contributed by atoms with E-state index in [9.17, 15) is 9.59 Å². The fourth-order valence-electron chi connectivity index (χ4n) is 1.58. The molecule has 0 spiro atoms. The monoisotopic (exact) mass is 321 g/mol. The molecule has 0 unspecified atom stereocenters. The molecule has 0 aliphatic rings. The van der Waals surface area contributed by atoms with Gasteiger partial charge < -0.3 is 5.32 Å². The molecule has 0 atom stereocenters. The number of nitrogens with zero attached hydrogens (tertiary/aromatic N) is 2. The van der Waals surface area contributed by atoms with E-state index in [4.69, 9.17) is 0 Å². The minimum Gasteiger partial charge on any atom is -0.352 e. The smallest absolute Gasteiger partial charge is 0.217 e. The molecule has 0 aliphatic carbocycles. The second-order valence-corrected chi connectivity index (χ2v) is 6.81. The molecule has 0 fully saturated rings. The minimum atomic E-state index is -0.0705. The van der Waals surface area contributed by atoms with Gasteiger partial charge in [-0.25, -0.2) is 0 Å².